The first-order chi connectivity index (χ1) is 8.49. The molecule has 0 saturated heterocycles. The van der Waals surface area contributed by atoms with Gasteiger partial charge in [0.15, 0.2) is 6.61 Å². The van der Waals surface area contributed by atoms with Crippen LogP contribution < -0.4 is 21.5 Å². The van der Waals surface area contributed by atoms with Crippen LogP contribution in [0.5, 0.6) is 5.75 Å². The second-order valence-electron chi connectivity index (χ2n) is 4.39. The van der Waals surface area contributed by atoms with Crippen molar-refractivity contribution >= 4 is 29.9 Å². The summed E-state index contributed by atoms with van der Waals surface area (Å²) in [6.07, 6.45) is 1.41. The number of hydrogen-bond donors (Lipinski definition) is 3. The highest BCUT2D eigenvalue weighted by atomic mass is 35.5. The average Bonchev–Trinajstić information content (AvgIpc) is 3.07. The van der Waals surface area contributed by atoms with E-state index in [0.29, 0.717) is 24.3 Å². The molecule has 1 aliphatic carbocycles. The van der Waals surface area contributed by atoms with E-state index in [2.05, 4.69) is 5.32 Å². The van der Waals surface area contributed by atoms with Crippen LogP contribution in [0.2, 0.25) is 0 Å². The fraction of sp³-hybridized carbons (Fsp3) is 0.333. The van der Waals surface area contributed by atoms with Crippen LogP contribution in [-0.2, 0) is 9.59 Å². The van der Waals surface area contributed by atoms with E-state index in [0.717, 1.165) is 0 Å². The third-order valence-electron chi connectivity index (χ3n) is 2.71. The Morgan fingerprint density at radius 1 is 1.37 bits per heavy atom. The maximum atomic E-state index is 11.7. The van der Waals surface area contributed by atoms with Gasteiger partial charge in [0.05, 0.1) is 5.54 Å². The lowest BCUT2D eigenvalue weighted by Crippen LogP contribution is -2.37. The van der Waals surface area contributed by atoms with E-state index < -0.39 is 11.4 Å². The monoisotopic (exact) mass is 285 g/mol. The van der Waals surface area contributed by atoms with Gasteiger partial charge >= 0.3 is 0 Å². The smallest absolute Gasteiger partial charge is 0.255 e. The number of primary amides is 1. The molecule has 1 aromatic carbocycles. The van der Waals surface area contributed by atoms with E-state index in [9.17, 15) is 9.59 Å². The van der Waals surface area contributed by atoms with Gasteiger partial charge in [-0.25, -0.2) is 0 Å². The first kappa shape index (κ1) is 15.3. The van der Waals surface area contributed by atoms with Crippen molar-refractivity contribution in [2.45, 2.75) is 18.4 Å². The quantitative estimate of drug-likeness (QED) is 0.728. The van der Waals surface area contributed by atoms with E-state index in [4.69, 9.17) is 16.2 Å². The number of halogens is 1. The highest BCUT2D eigenvalue weighted by molar-refractivity contribution is 6.00. The zero-order valence-corrected chi connectivity index (χ0v) is 11.0. The molecule has 0 spiro atoms. The summed E-state index contributed by atoms with van der Waals surface area (Å²) in [6.45, 7) is -0.196. The van der Waals surface area contributed by atoms with Crippen molar-refractivity contribution in [1.29, 1.82) is 0 Å². The number of benzene rings is 1. The van der Waals surface area contributed by atoms with E-state index in [-0.39, 0.29) is 24.9 Å². The van der Waals surface area contributed by atoms with Crippen LogP contribution in [0.4, 0.5) is 5.69 Å². The minimum absolute atomic E-state index is 0. The zero-order chi connectivity index (χ0) is 13.2. The highest BCUT2D eigenvalue weighted by Crippen LogP contribution is 2.33. The highest BCUT2D eigenvalue weighted by Gasteiger charge is 2.45. The standard InChI is InChI=1S/C12H15N3O3.ClH/c13-10(16)7-18-9-3-1-2-8(6-9)15-11(17)12(14)4-5-12;/h1-3,6H,4-5,7,14H2,(H2,13,16)(H,15,17);1H. The molecule has 0 heterocycles. The number of ether oxygens (including phenoxy) is 1. The normalized spacial score (nSPS) is 15.0. The van der Waals surface area contributed by atoms with Crippen LogP contribution in [0.25, 0.3) is 0 Å². The van der Waals surface area contributed by atoms with E-state index >= 15 is 0 Å². The molecule has 104 valence electrons. The van der Waals surface area contributed by atoms with Crippen molar-refractivity contribution in [3.05, 3.63) is 24.3 Å². The van der Waals surface area contributed by atoms with Gasteiger partial charge in [0.2, 0.25) is 5.91 Å². The minimum atomic E-state index is -0.718. The van der Waals surface area contributed by atoms with Crippen LogP contribution in [0.1, 0.15) is 12.8 Å². The van der Waals surface area contributed by atoms with Crippen LogP contribution in [0, 0.1) is 0 Å². The van der Waals surface area contributed by atoms with Gasteiger partial charge in [-0.05, 0) is 25.0 Å². The summed E-state index contributed by atoms with van der Waals surface area (Å²) in [6, 6.07) is 6.73. The van der Waals surface area contributed by atoms with E-state index in [1.165, 1.54) is 0 Å². The number of carbonyl (C=O) groups is 2. The number of anilines is 1. The molecule has 1 fully saturated rings. The Morgan fingerprint density at radius 3 is 2.63 bits per heavy atom. The van der Waals surface area contributed by atoms with Crippen LogP contribution in [0.15, 0.2) is 24.3 Å². The molecule has 7 heteroatoms. The predicted molar refractivity (Wildman–Crippen MR) is 73.2 cm³/mol. The molecule has 19 heavy (non-hydrogen) atoms. The third-order valence-corrected chi connectivity index (χ3v) is 2.71. The van der Waals surface area contributed by atoms with Crippen molar-refractivity contribution in [3.8, 4) is 5.75 Å². The lowest BCUT2D eigenvalue weighted by atomic mass is 10.2. The van der Waals surface area contributed by atoms with Gasteiger partial charge in [0, 0.05) is 11.8 Å². The summed E-state index contributed by atoms with van der Waals surface area (Å²) >= 11 is 0. The number of rotatable bonds is 5. The average molecular weight is 286 g/mol. The molecule has 0 atom stereocenters. The van der Waals surface area contributed by atoms with Gasteiger partial charge in [0.1, 0.15) is 5.75 Å². The largest absolute Gasteiger partial charge is 0.484 e. The molecular formula is C12H16ClN3O3. The van der Waals surface area contributed by atoms with Crippen molar-refractivity contribution in [2.75, 3.05) is 11.9 Å². The maximum Gasteiger partial charge on any atom is 0.255 e. The number of nitrogens with two attached hydrogens (primary N) is 2. The second-order valence-corrected chi connectivity index (χ2v) is 4.39. The van der Waals surface area contributed by atoms with Crippen molar-refractivity contribution in [1.82, 2.24) is 0 Å². The summed E-state index contributed by atoms with van der Waals surface area (Å²) in [5.74, 6) is -0.286. The first-order valence-corrected chi connectivity index (χ1v) is 5.61. The molecule has 0 bridgehead atoms. The second kappa shape index (κ2) is 5.90. The molecular weight excluding hydrogens is 270 g/mol. The zero-order valence-electron chi connectivity index (χ0n) is 10.2. The summed E-state index contributed by atoms with van der Waals surface area (Å²) in [5.41, 5.74) is 10.6. The Labute approximate surface area is 116 Å². The van der Waals surface area contributed by atoms with Crippen LogP contribution >= 0.6 is 12.4 Å². The molecule has 5 N–H and O–H groups in total. The predicted octanol–water partition coefficient (Wildman–Crippen LogP) is 0.402. The fourth-order valence-corrected chi connectivity index (χ4v) is 1.44. The molecule has 1 saturated carbocycles. The Hall–Kier alpha value is -1.79. The van der Waals surface area contributed by atoms with Crippen LogP contribution in [-0.4, -0.2) is 24.0 Å². The Morgan fingerprint density at radius 2 is 2.05 bits per heavy atom. The van der Waals surface area contributed by atoms with Gasteiger partial charge < -0.3 is 21.5 Å². The molecule has 6 nitrogen and oxygen atoms in total. The molecule has 2 rings (SSSR count). The van der Waals surface area contributed by atoms with Gasteiger partial charge in [-0.2, -0.15) is 0 Å². The maximum absolute atomic E-state index is 11.7. The summed E-state index contributed by atoms with van der Waals surface area (Å²) in [5, 5.41) is 2.71. The summed E-state index contributed by atoms with van der Waals surface area (Å²) < 4.78 is 5.13. The van der Waals surface area contributed by atoms with E-state index in [1.807, 2.05) is 0 Å². The number of carbonyl (C=O) groups excluding carboxylic acids is 2. The SMILES string of the molecule is Cl.NC(=O)COc1cccc(NC(=O)C2(N)CC2)c1. The van der Waals surface area contributed by atoms with Gasteiger partial charge in [-0.1, -0.05) is 6.07 Å². The van der Waals surface area contributed by atoms with Crippen molar-refractivity contribution in [2.24, 2.45) is 11.5 Å². The van der Waals surface area contributed by atoms with Gasteiger partial charge in [-0.3, -0.25) is 9.59 Å². The lowest BCUT2D eigenvalue weighted by Gasteiger charge is -2.11. The number of nitrogens with one attached hydrogen (secondary N) is 1. The first-order valence-electron chi connectivity index (χ1n) is 5.61. The lowest BCUT2D eigenvalue weighted by molar-refractivity contribution is -0.120. The van der Waals surface area contributed by atoms with Crippen molar-refractivity contribution in [3.63, 3.8) is 0 Å². The fourth-order valence-electron chi connectivity index (χ4n) is 1.44. The molecule has 0 radical (unpaired) electrons. The molecule has 1 aromatic rings. The molecule has 0 aliphatic heterocycles. The molecule has 0 aromatic heterocycles. The molecule has 2 amide bonds. The van der Waals surface area contributed by atoms with Crippen molar-refractivity contribution < 1.29 is 14.3 Å². The molecule has 1 aliphatic rings. The summed E-state index contributed by atoms with van der Waals surface area (Å²) in [7, 11) is 0. The van der Waals surface area contributed by atoms with Crippen LogP contribution in [0.3, 0.4) is 0 Å². The van der Waals surface area contributed by atoms with E-state index in [1.54, 1.807) is 24.3 Å². The topological polar surface area (TPSA) is 107 Å². The Bertz CT molecular complexity index is 489. The Kier molecular flexibility index (Phi) is 4.74. The number of amides is 2. The van der Waals surface area contributed by atoms with Gasteiger partial charge in [0.25, 0.3) is 5.91 Å². The Balaban J connectivity index is 0.00000180. The minimum Gasteiger partial charge on any atom is -0.484 e. The number of hydrogen-bond acceptors (Lipinski definition) is 4. The molecule has 0 unspecified atom stereocenters. The summed E-state index contributed by atoms with van der Waals surface area (Å²) in [4.78, 5) is 22.3. The third kappa shape index (κ3) is 4.11. The van der Waals surface area contributed by atoms with Gasteiger partial charge in [-0.15, -0.1) is 12.4 Å².